The monoisotopic (exact) mass is 306 g/mol. The van der Waals surface area contributed by atoms with Gasteiger partial charge in [-0.3, -0.25) is 9.59 Å². The molecule has 5 heteroatoms. The Morgan fingerprint density at radius 3 is 2.36 bits per heavy atom. The third-order valence-electron chi connectivity index (χ3n) is 3.25. The maximum absolute atomic E-state index is 12.7. The van der Waals surface area contributed by atoms with Gasteiger partial charge in [0.1, 0.15) is 12.6 Å². The third-order valence-corrected chi connectivity index (χ3v) is 3.25. The number of amides is 1. The van der Waals surface area contributed by atoms with Crippen molar-refractivity contribution in [2.24, 2.45) is 5.92 Å². The van der Waals surface area contributed by atoms with E-state index >= 15 is 0 Å². The Hall–Kier alpha value is -2.04. The number of benzene rings is 1. The van der Waals surface area contributed by atoms with E-state index < -0.39 is 12.0 Å². The summed E-state index contributed by atoms with van der Waals surface area (Å²) in [5.41, 5.74) is 0.869. The summed E-state index contributed by atoms with van der Waals surface area (Å²) in [7, 11) is 0. The fourth-order valence-electron chi connectivity index (χ4n) is 2.35. The molecule has 0 bridgehead atoms. The van der Waals surface area contributed by atoms with Gasteiger partial charge in [-0.05, 0) is 30.9 Å². The van der Waals surface area contributed by atoms with E-state index in [9.17, 15) is 9.59 Å². The first kappa shape index (κ1) is 18.0. The van der Waals surface area contributed by atoms with Gasteiger partial charge in [0.2, 0.25) is 5.91 Å². The van der Waals surface area contributed by atoms with Gasteiger partial charge < -0.3 is 15.3 Å². The average molecular weight is 306 g/mol. The van der Waals surface area contributed by atoms with Crippen LogP contribution in [0, 0.1) is 5.92 Å². The summed E-state index contributed by atoms with van der Waals surface area (Å²) in [4.78, 5) is 25.1. The highest BCUT2D eigenvalue weighted by molar-refractivity contribution is 5.87. The minimum Gasteiger partial charge on any atom is -0.480 e. The standard InChI is InChI=1S/C17H26N2O3/c1-4-10-19(12-16(20)21)17(22)15(11-13(2)3)18-14-8-6-5-7-9-14/h5-9,13,15,18H,4,10-12H2,1-3H3,(H,20,21). The van der Waals surface area contributed by atoms with Gasteiger partial charge in [-0.1, -0.05) is 39.0 Å². The zero-order chi connectivity index (χ0) is 16.5. The number of nitrogens with zero attached hydrogens (tertiary/aromatic N) is 1. The molecule has 0 heterocycles. The van der Waals surface area contributed by atoms with Crippen LogP contribution in [0.25, 0.3) is 0 Å². The van der Waals surface area contributed by atoms with E-state index in [1.165, 1.54) is 4.90 Å². The molecule has 0 aliphatic heterocycles. The lowest BCUT2D eigenvalue weighted by molar-refractivity contribution is -0.144. The van der Waals surface area contributed by atoms with Crippen molar-refractivity contribution < 1.29 is 14.7 Å². The molecule has 1 atom stereocenters. The summed E-state index contributed by atoms with van der Waals surface area (Å²) in [6.45, 7) is 6.24. The van der Waals surface area contributed by atoms with Crippen molar-refractivity contribution >= 4 is 17.6 Å². The summed E-state index contributed by atoms with van der Waals surface area (Å²) in [5, 5.41) is 12.2. The summed E-state index contributed by atoms with van der Waals surface area (Å²) < 4.78 is 0. The van der Waals surface area contributed by atoms with Crippen LogP contribution in [0.15, 0.2) is 30.3 Å². The predicted molar refractivity (Wildman–Crippen MR) is 87.8 cm³/mol. The highest BCUT2D eigenvalue weighted by Gasteiger charge is 2.26. The number of nitrogens with one attached hydrogen (secondary N) is 1. The summed E-state index contributed by atoms with van der Waals surface area (Å²) in [6.07, 6.45) is 1.40. The number of para-hydroxylation sites is 1. The first-order valence-corrected chi connectivity index (χ1v) is 7.76. The highest BCUT2D eigenvalue weighted by Crippen LogP contribution is 2.15. The van der Waals surface area contributed by atoms with Gasteiger partial charge in [0.15, 0.2) is 0 Å². The molecule has 1 unspecified atom stereocenters. The number of carboxylic acids is 1. The van der Waals surface area contributed by atoms with Crippen molar-refractivity contribution in [2.45, 2.75) is 39.7 Å². The molecule has 122 valence electrons. The third kappa shape index (κ3) is 6.16. The van der Waals surface area contributed by atoms with Crippen LogP contribution in [-0.2, 0) is 9.59 Å². The molecule has 2 N–H and O–H groups in total. The Balaban J connectivity index is 2.87. The Bertz CT molecular complexity index is 474. The molecule has 1 aromatic rings. The topological polar surface area (TPSA) is 69.6 Å². The van der Waals surface area contributed by atoms with E-state index in [1.54, 1.807) is 0 Å². The molecule has 22 heavy (non-hydrogen) atoms. The van der Waals surface area contributed by atoms with E-state index in [4.69, 9.17) is 5.11 Å². The normalized spacial score (nSPS) is 12.0. The van der Waals surface area contributed by atoms with Gasteiger partial charge >= 0.3 is 5.97 Å². The predicted octanol–water partition coefficient (Wildman–Crippen LogP) is 2.84. The van der Waals surface area contributed by atoms with E-state index in [1.807, 2.05) is 51.1 Å². The van der Waals surface area contributed by atoms with Gasteiger partial charge in [0.05, 0.1) is 0 Å². The molecule has 0 aliphatic rings. The van der Waals surface area contributed by atoms with Crippen LogP contribution in [0.1, 0.15) is 33.6 Å². The van der Waals surface area contributed by atoms with Gasteiger partial charge in [0.25, 0.3) is 0 Å². The van der Waals surface area contributed by atoms with E-state index in [0.29, 0.717) is 18.9 Å². The maximum Gasteiger partial charge on any atom is 0.323 e. The number of carbonyl (C=O) groups excluding carboxylic acids is 1. The molecule has 0 saturated heterocycles. The molecule has 1 aromatic carbocycles. The van der Waals surface area contributed by atoms with Crippen molar-refractivity contribution in [1.29, 1.82) is 0 Å². The van der Waals surface area contributed by atoms with Gasteiger partial charge in [-0.15, -0.1) is 0 Å². The average Bonchev–Trinajstić information content (AvgIpc) is 2.45. The smallest absolute Gasteiger partial charge is 0.323 e. The van der Waals surface area contributed by atoms with Crippen molar-refractivity contribution in [3.8, 4) is 0 Å². The summed E-state index contributed by atoms with van der Waals surface area (Å²) in [5.74, 6) is -0.801. The van der Waals surface area contributed by atoms with Crippen LogP contribution >= 0.6 is 0 Å². The molecule has 1 rings (SSSR count). The molecule has 0 aromatic heterocycles. The second-order valence-corrected chi connectivity index (χ2v) is 5.85. The first-order valence-electron chi connectivity index (χ1n) is 7.76. The lowest BCUT2D eigenvalue weighted by atomic mass is 10.0. The SMILES string of the molecule is CCCN(CC(=O)O)C(=O)C(CC(C)C)Nc1ccccc1. The van der Waals surface area contributed by atoms with Crippen molar-refractivity contribution in [3.63, 3.8) is 0 Å². The maximum atomic E-state index is 12.7. The Labute approximate surface area is 132 Å². The molecule has 5 nitrogen and oxygen atoms in total. The Morgan fingerprint density at radius 2 is 1.86 bits per heavy atom. The number of hydrogen-bond acceptors (Lipinski definition) is 3. The number of aliphatic carboxylic acids is 1. The minimum atomic E-state index is -0.982. The highest BCUT2D eigenvalue weighted by atomic mass is 16.4. The minimum absolute atomic E-state index is 0.151. The molecule has 1 amide bonds. The van der Waals surface area contributed by atoms with Gasteiger partial charge in [-0.2, -0.15) is 0 Å². The molecular weight excluding hydrogens is 280 g/mol. The zero-order valence-electron chi connectivity index (χ0n) is 13.6. The Morgan fingerprint density at radius 1 is 1.23 bits per heavy atom. The van der Waals surface area contributed by atoms with Crippen molar-refractivity contribution in [3.05, 3.63) is 30.3 Å². The summed E-state index contributed by atoms with van der Waals surface area (Å²) in [6, 6.07) is 9.12. The largest absolute Gasteiger partial charge is 0.480 e. The van der Waals surface area contributed by atoms with Crippen molar-refractivity contribution in [1.82, 2.24) is 4.90 Å². The molecule has 0 saturated carbocycles. The van der Waals surface area contributed by atoms with Gasteiger partial charge in [-0.25, -0.2) is 0 Å². The van der Waals surface area contributed by atoms with Crippen molar-refractivity contribution in [2.75, 3.05) is 18.4 Å². The zero-order valence-corrected chi connectivity index (χ0v) is 13.6. The van der Waals surface area contributed by atoms with Crippen LogP contribution in [0.4, 0.5) is 5.69 Å². The number of anilines is 1. The van der Waals surface area contributed by atoms with Crippen LogP contribution in [0.3, 0.4) is 0 Å². The second-order valence-electron chi connectivity index (χ2n) is 5.85. The summed E-state index contributed by atoms with van der Waals surface area (Å²) >= 11 is 0. The molecule has 0 fully saturated rings. The van der Waals surface area contributed by atoms with Crippen LogP contribution in [0.5, 0.6) is 0 Å². The second kappa shape index (κ2) is 9.07. The quantitative estimate of drug-likeness (QED) is 0.736. The Kier molecular flexibility index (Phi) is 7.43. The first-order chi connectivity index (χ1) is 10.4. The number of hydrogen-bond donors (Lipinski definition) is 2. The van der Waals surface area contributed by atoms with Crippen LogP contribution in [0.2, 0.25) is 0 Å². The van der Waals surface area contributed by atoms with E-state index in [2.05, 4.69) is 5.32 Å². The fourth-order valence-corrected chi connectivity index (χ4v) is 2.35. The number of carboxylic acid groups (broad SMARTS) is 1. The van der Waals surface area contributed by atoms with Gasteiger partial charge in [0, 0.05) is 12.2 Å². The molecule has 0 radical (unpaired) electrons. The van der Waals surface area contributed by atoms with Crippen LogP contribution in [-0.4, -0.2) is 41.0 Å². The fraction of sp³-hybridized carbons (Fsp3) is 0.529. The lowest BCUT2D eigenvalue weighted by Crippen LogP contribution is -2.46. The molecule has 0 aliphatic carbocycles. The molecular formula is C17H26N2O3. The van der Waals surface area contributed by atoms with E-state index in [-0.39, 0.29) is 12.5 Å². The number of rotatable bonds is 9. The molecule has 0 spiro atoms. The lowest BCUT2D eigenvalue weighted by Gasteiger charge is -2.28. The number of carbonyl (C=O) groups is 2. The van der Waals surface area contributed by atoms with Crippen LogP contribution < -0.4 is 5.32 Å². The van der Waals surface area contributed by atoms with E-state index in [0.717, 1.165) is 12.1 Å².